The Balaban J connectivity index is 2.57. The summed E-state index contributed by atoms with van der Waals surface area (Å²) < 4.78 is 6.54. The third-order valence-electron chi connectivity index (χ3n) is 5.11. The third kappa shape index (κ3) is 2.57. The fourth-order valence-electron chi connectivity index (χ4n) is 4.04. The molecule has 0 heterocycles. The maximum atomic E-state index is 12.5. The summed E-state index contributed by atoms with van der Waals surface area (Å²) >= 11 is 0. The molecule has 0 amide bonds. The van der Waals surface area contributed by atoms with Crippen molar-refractivity contribution in [1.82, 2.24) is 0 Å². The van der Waals surface area contributed by atoms with Gasteiger partial charge in [0, 0.05) is 0 Å². The molecule has 0 saturated carbocycles. The van der Waals surface area contributed by atoms with E-state index in [9.17, 15) is 4.79 Å². The van der Waals surface area contributed by atoms with Crippen LogP contribution in [-0.4, -0.2) is 11.6 Å². The Labute approximate surface area is 155 Å². The molecule has 0 unspecified atom stereocenters. The van der Waals surface area contributed by atoms with Crippen LogP contribution in [0.3, 0.4) is 0 Å². The molecule has 0 aliphatic heterocycles. The molecular formula is C23H25O2P. The normalized spacial score (nSPS) is 13.0. The molecule has 0 N–H and O–H groups in total. The van der Waals surface area contributed by atoms with Gasteiger partial charge < -0.3 is 0 Å². The van der Waals surface area contributed by atoms with Gasteiger partial charge in [-0.2, -0.15) is 0 Å². The average molecular weight is 364 g/mol. The molecule has 3 aromatic rings. The van der Waals surface area contributed by atoms with Gasteiger partial charge in [0.15, 0.2) is 0 Å². The van der Waals surface area contributed by atoms with Crippen LogP contribution in [0.1, 0.15) is 20.8 Å². The van der Waals surface area contributed by atoms with Gasteiger partial charge in [0.25, 0.3) is 0 Å². The molecule has 26 heavy (non-hydrogen) atoms. The molecule has 0 aliphatic rings. The van der Waals surface area contributed by atoms with Crippen molar-refractivity contribution >= 4 is 28.7 Å². The molecular weight excluding hydrogens is 339 g/mol. The number of rotatable bonds is 5. The molecule has 3 rings (SSSR count). The first-order valence-electron chi connectivity index (χ1n) is 8.91. The van der Waals surface area contributed by atoms with Crippen LogP contribution in [0.25, 0.3) is 0 Å². The van der Waals surface area contributed by atoms with Crippen molar-refractivity contribution in [3.8, 4) is 0 Å². The van der Waals surface area contributed by atoms with Crippen molar-refractivity contribution in [2.24, 2.45) is 0 Å². The van der Waals surface area contributed by atoms with Gasteiger partial charge >= 0.3 is 155 Å². The minimum absolute atomic E-state index is 0.0806. The van der Waals surface area contributed by atoms with Gasteiger partial charge in [0.1, 0.15) is 0 Å². The van der Waals surface area contributed by atoms with Crippen molar-refractivity contribution in [3.63, 3.8) is 0 Å². The van der Waals surface area contributed by atoms with Crippen molar-refractivity contribution in [1.29, 1.82) is 0 Å². The Morgan fingerprint density at radius 2 is 1.00 bits per heavy atom. The van der Waals surface area contributed by atoms with Gasteiger partial charge in [-0.1, -0.05) is 0 Å². The van der Waals surface area contributed by atoms with E-state index in [1.54, 1.807) is 0 Å². The van der Waals surface area contributed by atoms with E-state index in [-0.39, 0.29) is 11.6 Å². The molecule has 0 fully saturated rings. The van der Waals surface area contributed by atoms with E-state index in [1.807, 2.05) is 54.6 Å². The zero-order valence-electron chi connectivity index (χ0n) is 15.5. The van der Waals surface area contributed by atoms with E-state index in [4.69, 9.17) is 4.52 Å². The Bertz CT molecular complexity index is 774. The van der Waals surface area contributed by atoms with E-state index in [0.29, 0.717) is 0 Å². The molecule has 0 aromatic heterocycles. The zero-order chi connectivity index (χ0) is 18.6. The monoisotopic (exact) mass is 364 g/mol. The summed E-state index contributed by atoms with van der Waals surface area (Å²) in [6.07, 6.45) is 0. The quantitative estimate of drug-likeness (QED) is 0.627. The van der Waals surface area contributed by atoms with E-state index >= 15 is 0 Å². The average Bonchev–Trinajstić information content (AvgIpc) is 2.68. The molecule has 0 aliphatic carbocycles. The molecule has 0 atom stereocenters. The zero-order valence-corrected chi connectivity index (χ0v) is 16.4. The first kappa shape index (κ1) is 18.4. The number of carbonyl (C=O) groups is 1. The summed E-state index contributed by atoms with van der Waals surface area (Å²) in [5, 5.41) is 3.21. The standard InChI is InChI=1S/C23H25O2P/c1-19(2)26(25-20(3)24,21-13-7-4-8-14-21,22-15-9-5-10-16-22)23-17-11-6-12-18-23/h4-19H,1-3H3. The fraction of sp³-hybridized carbons (Fsp3) is 0.174. The topological polar surface area (TPSA) is 26.3 Å². The van der Waals surface area contributed by atoms with Crippen LogP contribution in [0.4, 0.5) is 0 Å². The number of hydrogen-bond donors (Lipinski definition) is 0. The van der Waals surface area contributed by atoms with Crippen molar-refractivity contribution in [2.75, 3.05) is 0 Å². The molecule has 134 valence electrons. The molecule has 0 radical (unpaired) electrons. The number of hydrogen-bond acceptors (Lipinski definition) is 2. The second-order valence-corrected chi connectivity index (χ2v) is 11.8. The first-order chi connectivity index (χ1) is 12.5. The van der Waals surface area contributed by atoms with Gasteiger partial charge in [-0.15, -0.1) is 0 Å². The van der Waals surface area contributed by atoms with Crippen molar-refractivity contribution in [2.45, 2.75) is 26.4 Å². The molecule has 0 bridgehead atoms. The Morgan fingerprint density at radius 3 is 1.23 bits per heavy atom. The first-order valence-corrected chi connectivity index (χ1v) is 11.1. The summed E-state index contributed by atoms with van der Waals surface area (Å²) in [7, 11) is 0. The van der Waals surface area contributed by atoms with Gasteiger partial charge in [0.2, 0.25) is 0 Å². The molecule has 0 spiro atoms. The van der Waals surface area contributed by atoms with Crippen LogP contribution >= 0.6 is 6.83 Å². The summed E-state index contributed by atoms with van der Waals surface area (Å²) in [5.74, 6) is -0.257. The van der Waals surface area contributed by atoms with Crippen LogP contribution < -0.4 is 15.9 Å². The second kappa shape index (κ2) is 7.05. The Kier molecular flexibility index (Phi) is 4.98. The molecule has 3 aromatic carbocycles. The molecule has 3 heteroatoms. The van der Waals surface area contributed by atoms with E-state index < -0.39 is 6.83 Å². The van der Waals surface area contributed by atoms with Crippen LogP contribution in [0, 0.1) is 0 Å². The number of carbonyl (C=O) groups excluding carboxylic acids is 1. The van der Waals surface area contributed by atoms with Gasteiger partial charge in [-0.3, -0.25) is 0 Å². The third-order valence-corrected chi connectivity index (χ3v) is 11.7. The second-order valence-electron chi connectivity index (χ2n) is 6.79. The molecule has 0 saturated heterocycles. The Hall–Kier alpha value is -2.44. The van der Waals surface area contributed by atoms with Crippen LogP contribution in [0.15, 0.2) is 91.0 Å². The van der Waals surface area contributed by atoms with Crippen LogP contribution in [0.2, 0.25) is 0 Å². The summed E-state index contributed by atoms with van der Waals surface area (Å²) in [6.45, 7) is 2.35. The van der Waals surface area contributed by atoms with Crippen molar-refractivity contribution in [3.05, 3.63) is 91.0 Å². The summed E-state index contributed by atoms with van der Waals surface area (Å²) in [5.41, 5.74) is 0.0806. The van der Waals surface area contributed by atoms with E-state index in [2.05, 4.69) is 50.2 Å². The minimum atomic E-state index is -3.48. The molecule has 2 nitrogen and oxygen atoms in total. The van der Waals surface area contributed by atoms with Crippen LogP contribution in [0.5, 0.6) is 0 Å². The number of benzene rings is 3. The maximum absolute atomic E-state index is 12.5. The van der Waals surface area contributed by atoms with Crippen molar-refractivity contribution < 1.29 is 9.32 Å². The van der Waals surface area contributed by atoms with Gasteiger partial charge in [-0.05, 0) is 0 Å². The SMILES string of the molecule is CC(=O)OP(c1ccccc1)(c1ccccc1)(c1ccccc1)C(C)C. The fourth-order valence-corrected chi connectivity index (χ4v) is 10.1. The predicted octanol–water partition coefficient (Wildman–Crippen LogP) is 4.40. The van der Waals surface area contributed by atoms with Gasteiger partial charge in [-0.25, -0.2) is 0 Å². The van der Waals surface area contributed by atoms with Gasteiger partial charge in [0.05, 0.1) is 0 Å². The summed E-state index contributed by atoms with van der Waals surface area (Å²) in [4.78, 5) is 12.5. The van der Waals surface area contributed by atoms with E-state index in [0.717, 1.165) is 15.9 Å². The Morgan fingerprint density at radius 1 is 0.692 bits per heavy atom. The van der Waals surface area contributed by atoms with E-state index in [1.165, 1.54) is 6.92 Å². The predicted molar refractivity (Wildman–Crippen MR) is 112 cm³/mol. The van der Waals surface area contributed by atoms with Crippen LogP contribution in [-0.2, 0) is 9.32 Å². The summed E-state index contributed by atoms with van der Waals surface area (Å²) in [6, 6.07) is 30.7.